The Labute approximate surface area is 131 Å². The zero-order valence-corrected chi connectivity index (χ0v) is 12.5. The van der Waals surface area contributed by atoms with E-state index in [1.54, 1.807) is 18.3 Å². The molecular formula is C16H12ClN3O2. The van der Waals surface area contributed by atoms with E-state index in [1.165, 1.54) is 13.3 Å². The number of carbonyl (C=O) groups is 1. The van der Waals surface area contributed by atoms with Crippen LogP contribution in [0, 0.1) is 0 Å². The summed E-state index contributed by atoms with van der Waals surface area (Å²) in [5.41, 5.74) is 0.391. The van der Waals surface area contributed by atoms with Gasteiger partial charge in [-0.1, -0.05) is 17.7 Å². The first-order valence-corrected chi connectivity index (χ1v) is 6.91. The number of ether oxygens (including phenoxy) is 1. The number of esters is 1. The molecule has 0 radical (unpaired) electrons. The van der Waals surface area contributed by atoms with E-state index in [-0.39, 0.29) is 0 Å². The Morgan fingerprint density at radius 2 is 2.05 bits per heavy atom. The van der Waals surface area contributed by atoms with Gasteiger partial charge in [0.05, 0.1) is 12.7 Å². The average molecular weight is 314 g/mol. The molecule has 0 fully saturated rings. The average Bonchev–Trinajstić information content (AvgIpc) is 2.55. The van der Waals surface area contributed by atoms with Crippen LogP contribution in [0.3, 0.4) is 0 Å². The molecule has 2 heterocycles. The highest BCUT2D eigenvalue weighted by Gasteiger charge is 2.07. The summed E-state index contributed by atoms with van der Waals surface area (Å²) in [5.74, 6) is 0.806. The standard InChI is InChI=1S/C16H12ClN3O2/c1-22-16(21)11-3-5-14(19-9-11)20-15-13-8-12(17)4-2-10(13)6-7-18-15/h2-9H,1H3,(H,18,19,20). The summed E-state index contributed by atoms with van der Waals surface area (Å²) in [5, 5.41) is 5.68. The van der Waals surface area contributed by atoms with Gasteiger partial charge in [0.15, 0.2) is 0 Å². The molecule has 3 aromatic rings. The molecule has 0 amide bonds. The lowest BCUT2D eigenvalue weighted by molar-refractivity contribution is 0.0600. The Balaban J connectivity index is 1.93. The predicted molar refractivity (Wildman–Crippen MR) is 85.6 cm³/mol. The van der Waals surface area contributed by atoms with Gasteiger partial charge in [-0.3, -0.25) is 0 Å². The van der Waals surface area contributed by atoms with Crippen molar-refractivity contribution in [3.63, 3.8) is 0 Å². The molecule has 0 saturated carbocycles. The topological polar surface area (TPSA) is 64.1 Å². The fraction of sp³-hybridized carbons (Fsp3) is 0.0625. The smallest absolute Gasteiger partial charge is 0.339 e. The third kappa shape index (κ3) is 2.84. The Hall–Kier alpha value is -2.66. The summed E-state index contributed by atoms with van der Waals surface area (Å²) in [4.78, 5) is 19.9. The lowest BCUT2D eigenvalue weighted by atomic mass is 10.1. The van der Waals surface area contributed by atoms with Crippen LogP contribution in [0.4, 0.5) is 11.6 Å². The number of aromatic nitrogens is 2. The molecule has 6 heteroatoms. The molecule has 0 spiro atoms. The van der Waals surface area contributed by atoms with Crippen LogP contribution in [0.1, 0.15) is 10.4 Å². The molecule has 1 N–H and O–H groups in total. The van der Waals surface area contributed by atoms with E-state index in [0.29, 0.717) is 22.2 Å². The lowest BCUT2D eigenvalue weighted by Crippen LogP contribution is -2.03. The second-order valence-corrected chi connectivity index (χ2v) is 5.01. The van der Waals surface area contributed by atoms with Crippen LogP contribution < -0.4 is 5.32 Å². The highest BCUT2D eigenvalue weighted by molar-refractivity contribution is 6.31. The first-order valence-electron chi connectivity index (χ1n) is 6.53. The monoisotopic (exact) mass is 313 g/mol. The second-order valence-electron chi connectivity index (χ2n) is 4.57. The summed E-state index contributed by atoms with van der Waals surface area (Å²) < 4.78 is 4.64. The first-order chi connectivity index (χ1) is 10.7. The largest absolute Gasteiger partial charge is 0.465 e. The normalized spacial score (nSPS) is 10.5. The van der Waals surface area contributed by atoms with Crippen molar-refractivity contribution in [1.29, 1.82) is 0 Å². The van der Waals surface area contributed by atoms with Crippen LogP contribution in [0.2, 0.25) is 5.02 Å². The van der Waals surface area contributed by atoms with Gasteiger partial charge in [-0.25, -0.2) is 14.8 Å². The molecule has 2 aromatic heterocycles. The van der Waals surface area contributed by atoms with E-state index in [2.05, 4.69) is 20.0 Å². The van der Waals surface area contributed by atoms with Gasteiger partial charge in [0.25, 0.3) is 0 Å². The molecule has 3 rings (SSSR count). The van der Waals surface area contributed by atoms with Crippen molar-refractivity contribution in [2.75, 3.05) is 12.4 Å². The number of pyridine rings is 2. The van der Waals surface area contributed by atoms with Crippen molar-refractivity contribution in [3.8, 4) is 0 Å². The zero-order chi connectivity index (χ0) is 15.5. The van der Waals surface area contributed by atoms with Crippen molar-refractivity contribution >= 4 is 40.0 Å². The first kappa shape index (κ1) is 14.3. The van der Waals surface area contributed by atoms with Crippen molar-refractivity contribution < 1.29 is 9.53 Å². The summed E-state index contributed by atoms with van der Waals surface area (Å²) in [6, 6.07) is 10.8. The maximum Gasteiger partial charge on any atom is 0.339 e. The summed E-state index contributed by atoms with van der Waals surface area (Å²) in [6.07, 6.45) is 3.16. The number of halogens is 1. The molecule has 0 atom stereocenters. The van der Waals surface area contributed by atoms with Crippen LogP contribution in [0.15, 0.2) is 48.8 Å². The van der Waals surface area contributed by atoms with E-state index >= 15 is 0 Å². The molecule has 0 bridgehead atoms. The number of fused-ring (bicyclic) bond motifs is 1. The van der Waals surface area contributed by atoms with Crippen molar-refractivity contribution in [1.82, 2.24) is 9.97 Å². The number of rotatable bonds is 3. The fourth-order valence-electron chi connectivity index (χ4n) is 2.07. The highest BCUT2D eigenvalue weighted by atomic mass is 35.5. The SMILES string of the molecule is COC(=O)c1ccc(Nc2nccc3ccc(Cl)cc23)nc1. The van der Waals surface area contributed by atoms with Gasteiger partial charge in [0.1, 0.15) is 11.6 Å². The summed E-state index contributed by atoms with van der Waals surface area (Å²) in [7, 11) is 1.33. The Kier molecular flexibility index (Phi) is 3.89. The zero-order valence-electron chi connectivity index (χ0n) is 11.7. The van der Waals surface area contributed by atoms with Gasteiger partial charge < -0.3 is 10.1 Å². The Morgan fingerprint density at radius 1 is 1.18 bits per heavy atom. The third-order valence-corrected chi connectivity index (χ3v) is 3.39. The van der Waals surface area contributed by atoms with E-state index < -0.39 is 5.97 Å². The van der Waals surface area contributed by atoms with Crippen molar-refractivity contribution in [3.05, 3.63) is 59.4 Å². The number of carbonyl (C=O) groups excluding carboxylic acids is 1. The van der Waals surface area contributed by atoms with E-state index in [0.717, 1.165) is 10.8 Å². The quantitative estimate of drug-likeness (QED) is 0.745. The number of nitrogens with zero attached hydrogens (tertiary/aromatic N) is 2. The Bertz CT molecular complexity index is 834. The molecule has 110 valence electrons. The summed E-state index contributed by atoms with van der Waals surface area (Å²) >= 11 is 6.04. The van der Waals surface area contributed by atoms with Crippen LogP contribution in [-0.4, -0.2) is 23.0 Å². The molecule has 0 aliphatic carbocycles. The number of hydrogen-bond acceptors (Lipinski definition) is 5. The number of nitrogens with one attached hydrogen (secondary N) is 1. The number of anilines is 2. The van der Waals surface area contributed by atoms with Crippen LogP contribution in [0.25, 0.3) is 10.8 Å². The maximum atomic E-state index is 11.4. The predicted octanol–water partition coefficient (Wildman–Crippen LogP) is 3.81. The van der Waals surface area contributed by atoms with Crippen LogP contribution in [0.5, 0.6) is 0 Å². The van der Waals surface area contributed by atoms with E-state index in [1.807, 2.05) is 24.3 Å². The molecular weight excluding hydrogens is 302 g/mol. The van der Waals surface area contributed by atoms with Crippen LogP contribution >= 0.6 is 11.6 Å². The number of hydrogen-bond donors (Lipinski definition) is 1. The number of methoxy groups -OCH3 is 1. The van der Waals surface area contributed by atoms with Gasteiger partial charge in [0, 0.05) is 22.8 Å². The van der Waals surface area contributed by atoms with E-state index in [9.17, 15) is 4.79 Å². The molecule has 0 aliphatic heterocycles. The van der Waals surface area contributed by atoms with Gasteiger partial charge >= 0.3 is 5.97 Å². The van der Waals surface area contributed by atoms with E-state index in [4.69, 9.17) is 11.6 Å². The van der Waals surface area contributed by atoms with Crippen LogP contribution in [-0.2, 0) is 4.74 Å². The highest BCUT2D eigenvalue weighted by Crippen LogP contribution is 2.26. The molecule has 22 heavy (non-hydrogen) atoms. The van der Waals surface area contributed by atoms with Gasteiger partial charge in [-0.2, -0.15) is 0 Å². The van der Waals surface area contributed by atoms with Crippen molar-refractivity contribution in [2.45, 2.75) is 0 Å². The molecule has 0 saturated heterocycles. The van der Waals surface area contributed by atoms with Gasteiger partial charge in [0.2, 0.25) is 0 Å². The second kappa shape index (κ2) is 5.99. The Morgan fingerprint density at radius 3 is 2.77 bits per heavy atom. The molecule has 0 aliphatic rings. The minimum atomic E-state index is -0.422. The fourth-order valence-corrected chi connectivity index (χ4v) is 2.24. The van der Waals surface area contributed by atoms with Gasteiger partial charge in [-0.05, 0) is 35.7 Å². The summed E-state index contributed by atoms with van der Waals surface area (Å²) in [6.45, 7) is 0. The minimum Gasteiger partial charge on any atom is -0.465 e. The minimum absolute atomic E-state index is 0.391. The van der Waals surface area contributed by atoms with Crippen molar-refractivity contribution in [2.24, 2.45) is 0 Å². The molecule has 0 unspecified atom stereocenters. The van der Waals surface area contributed by atoms with Gasteiger partial charge in [-0.15, -0.1) is 0 Å². The maximum absolute atomic E-state index is 11.4. The lowest BCUT2D eigenvalue weighted by Gasteiger charge is -2.08. The third-order valence-electron chi connectivity index (χ3n) is 3.16. The molecule has 5 nitrogen and oxygen atoms in total. The number of benzene rings is 1. The molecule has 1 aromatic carbocycles.